The zero-order valence-corrected chi connectivity index (χ0v) is 12.9. The van der Waals surface area contributed by atoms with Crippen molar-refractivity contribution in [1.29, 1.82) is 0 Å². The van der Waals surface area contributed by atoms with Crippen LogP contribution in [0.1, 0.15) is 30.4 Å². The molecule has 6 heteroatoms. The molecule has 1 aromatic rings. The van der Waals surface area contributed by atoms with E-state index in [1.807, 2.05) is 24.3 Å². The third kappa shape index (κ3) is 2.04. The van der Waals surface area contributed by atoms with Crippen LogP contribution >= 0.6 is 0 Å². The standard InChI is InChI=1S/C17H19N3O3/c21-14(19-9-3-4-10-19)11-20-15(22)17(18-16(20)23)8-7-12-5-1-2-6-13(12)17/h1-2,5-6H,3-4,7-11H2,(H,18,23)/t17-/m0/s1. The van der Waals surface area contributed by atoms with Gasteiger partial charge in [-0.25, -0.2) is 4.79 Å². The Balaban J connectivity index is 1.59. The summed E-state index contributed by atoms with van der Waals surface area (Å²) in [6.07, 6.45) is 3.30. The number of carbonyl (C=O) groups is 3. The number of carbonyl (C=O) groups excluding carboxylic acids is 3. The summed E-state index contributed by atoms with van der Waals surface area (Å²) in [6, 6.07) is 7.24. The summed E-state index contributed by atoms with van der Waals surface area (Å²) in [5.74, 6) is -0.436. The summed E-state index contributed by atoms with van der Waals surface area (Å²) in [7, 11) is 0. The van der Waals surface area contributed by atoms with Gasteiger partial charge in [0.1, 0.15) is 12.1 Å². The molecule has 4 amide bonds. The Hall–Kier alpha value is -2.37. The Morgan fingerprint density at radius 1 is 1.17 bits per heavy atom. The van der Waals surface area contributed by atoms with E-state index in [4.69, 9.17) is 0 Å². The minimum atomic E-state index is -0.973. The number of nitrogens with zero attached hydrogens (tertiary/aromatic N) is 2. The fourth-order valence-electron chi connectivity index (χ4n) is 3.93. The topological polar surface area (TPSA) is 69.7 Å². The maximum Gasteiger partial charge on any atom is 0.325 e. The van der Waals surface area contributed by atoms with E-state index in [0.29, 0.717) is 6.42 Å². The molecule has 23 heavy (non-hydrogen) atoms. The summed E-state index contributed by atoms with van der Waals surface area (Å²) >= 11 is 0. The number of urea groups is 1. The monoisotopic (exact) mass is 313 g/mol. The quantitative estimate of drug-likeness (QED) is 0.828. The molecule has 4 rings (SSSR count). The number of aryl methyl sites for hydroxylation is 1. The maximum absolute atomic E-state index is 12.9. The minimum absolute atomic E-state index is 0.144. The Morgan fingerprint density at radius 3 is 2.70 bits per heavy atom. The summed E-state index contributed by atoms with van der Waals surface area (Å²) in [4.78, 5) is 40.4. The van der Waals surface area contributed by atoms with Crippen LogP contribution in [0, 0.1) is 0 Å². The molecule has 120 valence electrons. The predicted octanol–water partition coefficient (Wildman–Crippen LogP) is 1.00. The summed E-state index contributed by atoms with van der Waals surface area (Å²) in [5, 5.41) is 2.85. The van der Waals surface area contributed by atoms with E-state index in [1.165, 1.54) is 0 Å². The lowest BCUT2D eigenvalue weighted by Gasteiger charge is -2.23. The zero-order chi connectivity index (χ0) is 16.0. The van der Waals surface area contributed by atoms with E-state index >= 15 is 0 Å². The van der Waals surface area contributed by atoms with Crippen LogP contribution in [-0.2, 0) is 21.5 Å². The maximum atomic E-state index is 12.9. The normalized spacial score (nSPS) is 26.1. The first-order valence-electron chi connectivity index (χ1n) is 8.12. The van der Waals surface area contributed by atoms with Crippen LogP contribution in [0.25, 0.3) is 0 Å². The SMILES string of the molecule is O=C(CN1C(=O)N[C@]2(CCc3ccccc32)C1=O)N1CCCC1. The second kappa shape index (κ2) is 5.08. The number of fused-ring (bicyclic) bond motifs is 2. The van der Waals surface area contributed by atoms with Crippen LogP contribution in [0.15, 0.2) is 24.3 Å². The van der Waals surface area contributed by atoms with Gasteiger partial charge in [-0.05, 0) is 36.8 Å². The van der Waals surface area contributed by atoms with E-state index in [9.17, 15) is 14.4 Å². The fourth-order valence-corrected chi connectivity index (χ4v) is 3.93. The molecule has 0 saturated carbocycles. The van der Waals surface area contributed by atoms with Crippen molar-refractivity contribution in [3.8, 4) is 0 Å². The van der Waals surface area contributed by atoms with Gasteiger partial charge in [-0.1, -0.05) is 24.3 Å². The van der Waals surface area contributed by atoms with Crippen LogP contribution in [-0.4, -0.2) is 47.3 Å². The molecule has 1 aliphatic carbocycles. The van der Waals surface area contributed by atoms with E-state index in [2.05, 4.69) is 5.32 Å². The summed E-state index contributed by atoms with van der Waals surface area (Å²) in [6.45, 7) is 1.28. The molecule has 2 saturated heterocycles. The van der Waals surface area contributed by atoms with Gasteiger partial charge in [0.2, 0.25) is 5.91 Å². The Labute approximate surface area is 134 Å². The largest absolute Gasteiger partial charge is 0.341 e. The molecule has 1 atom stereocenters. The molecule has 0 bridgehead atoms. The minimum Gasteiger partial charge on any atom is -0.341 e. The third-order valence-electron chi connectivity index (χ3n) is 5.17. The lowest BCUT2D eigenvalue weighted by atomic mass is 9.92. The van der Waals surface area contributed by atoms with Crippen molar-refractivity contribution in [3.05, 3.63) is 35.4 Å². The van der Waals surface area contributed by atoms with Crippen molar-refractivity contribution in [2.24, 2.45) is 0 Å². The van der Waals surface area contributed by atoms with Crippen LogP contribution < -0.4 is 5.32 Å². The molecular formula is C17H19N3O3. The fraction of sp³-hybridized carbons (Fsp3) is 0.471. The lowest BCUT2D eigenvalue weighted by Crippen LogP contribution is -2.44. The van der Waals surface area contributed by atoms with Gasteiger partial charge in [0.25, 0.3) is 5.91 Å². The highest BCUT2D eigenvalue weighted by Crippen LogP contribution is 2.41. The van der Waals surface area contributed by atoms with Crippen molar-refractivity contribution in [2.45, 2.75) is 31.2 Å². The van der Waals surface area contributed by atoms with E-state index in [1.54, 1.807) is 4.90 Å². The van der Waals surface area contributed by atoms with E-state index in [-0.39, 0.29) is 18.4 Å². The van der Waals surface area contributed by atoms with Crippen molar-refractivity contribution in [1.82, 2.24) is 15.1 Å². The summed E-state index contributed by atoms with van der Waals surface area (Å²) < 4.78 is 0. The number of nitrogens with one attached hydrogen (secondary N) is 1. The molecule has 2 aliphatic heterocycles. The zero-order valence-electron chi connectivity index (χ0n) is 12.9. The smallest absolute Gasteiger partial charge is 0.325 e. The van der Waals surface area contributed by atoms with Crippen molar-refractivity contribution < 1.29 is 14.4 Å². The first-order valence-corrected chi connectivity index (χ1v) is 8.12. The highest BCUT2D eigenvalue weighted by molar-refractivity contribution is 6.09. The second-order valence-corrected chi connectivity index (χ2v) is 6.47. The van der Waals surface area contributed by atoms with Gasteiger partial charge in [-0.3, -0.25) is 14.5 Å². The molecule has 6 nitrogen and oxygen atoms in total. The van der Waals surface area contributed by atoms with Crippen molar-refractivity contribution >= 4 is 17.8 Å². The van der Waals surface area contributed by atoms with E-state index in [0.717, 1.165) is 48.4 Å². The average molecular weight is 313 g/mol. The molecular weight excluding hydrogens is 294 g/mol. The first-order chi connectivity index (χ1) is 11.1. The van der Waals surface area contributed by atoms with Gasteiger partial charge in [0.15, 0.2) is 0 Å². The highest BCUT2D eigenvalue weighted by Gasteiger charge is 2.55. The average Bonchev–Trinajstić information content (AvgIpc) is 3.25. The number of rotatable bonds is 2. The number of hydrogen-bond donors (Lipinski definition) is 1. The number of benzene rings is 1. The van der Waals surface area contributed by atoms with Gasteiger partial charge in [-0.2, -0.15) is 0 Å². The molecule has 1 N–H and O–H groups in total. The van der Waals surface area contributed by atoms with E-state index < -0.39 is 11.6 Å². The molecule has 0 unspecified atom stereocenters. The molecule has 0 aromatic heterocycles. The van der Waals surface area contributed by atoms with Gasteiger partial charge in [0, 0.05) is 13.1 Å². The van der Waals surface area contributed by atoms with Crippen LogP contribution in [0.5, 0.6) is 0 Å². The Bertz CT molecular complexity index is 696. The van der Waals surface area contributed by atoms with Crippen LogP contribution in [0.4, 0.5) is 4.79 Å². The van der Waals surface area contributed by atoms with Gasteiger partial charge in [-0.15, -0.1) is 0 Å². The third-order valence-corrected chi connectivity index (χ3v) is 5.17. The summed E-state index contributed by atoms with van der Waals surface area (Å²) in [5.41, 5.74) is 0.988. The molecule has 1 aromatic carbocycles. The number of hydrogen-bond acceptors (Lipinski definition) is 3. The number of likely N-dealkylation sites (tertiary alicyclic amines) is 1. The number of imide groups is 1. The van der Waals surface area contributed by atoms with Gasteiger partial charge in [0.05, 0.1) is 0 Å². The Morgan fingerprint density at radius 2 is 1.91 bits per heavy atom. The lowest BCUT2D eigenvalue weighted by molar-refractivity contribution is -0.138. The van der Waals surface area contributed by atoms with Crippen molar-refractivity contribution in [3.63, 3.8) is 0 Å². The van der Waals surface area contributed by atoms with Crippen LogP contribution in [0.3, 0.4) is 0 Å². The molecule has 2 heterocycles. The first kappa shape index (κ1) is 14.2. The Kier molecular flexibility index (Phi) is 3.14. The predicted molar refractivity (Wildman–Crippen MR) is 82.5 cm³/mol. The molecule has 0 radical (unpaired) electrons. The van der Waals surface area contributed by atoms with Crippen LogP contribution in [0.2, 0.25) is 0 Å². The second-order valence-electron chi connectivity index (χ2n) is 6.47. The van der Waals surface area contributed by atoms with Gasteiger partial charge >= 0.3 is 6.03 Å². The molecule has 2 fully saturated rings. The molecule has 3 aliphatic rings. The van der Waals surface area contributed by atoms with Gasteiger partial charge < -0.3 is 10.2 Å². The molecule has 1 spiro atoms. The van der Waals surface area contributed by atoms with Crippen molar-refractivity contribution in [2.75, 3.05) is 19.6 Å². The number of amides is 4. The highest BCUT2D eigenvalue weighted by atomic mass is 16.2.